The summed E-state index contributed by atoms with van der Waals surface area (Å²) in [7, 11) is 0. The largest absolute Gasteiger partial charge is 0.406 e. The topological polar surface area (TPSA) is 78.9 Å². The minimum atomic E-state index is -4.31. The molecule has 1 fully saturated rings. The number of rotatable bonds is 4. The average molecular weight is 273 g/mol. The third kappa shape index (κ3) is 3.55. The van der Waals surface area contributed by atoms with Crippen LogP contribution in [0.15, 0.2) is 6.07 Å². The van der Waals surface area contributed by atoms with Crippen LogP contribution in [0.3, 0.4) is 0 Å². The Labute approximate surface area is 108 Å². The summed E-state index contributed by atoms with van der Waals surface area (Å²) < 4.78 is 37.7. The molecule has 0 unspecified atom stereocenters. The van der Waals surface area contributed by atoms with Crippen molar-refractivity contribution in [1.29, 1.82) is 5.41 Å². The molecule has 0 saturated heterocycles. The van der Waals surface area contributed by atoms with Crippen molar-refractivity contribution in [2.45, 2.75) is 32.0 Å². The Bertz CT molecular complexity index is 496. The molecule has 3 N–H and O–H groups in total. The van der Waals surface area contributed by atoms with E-state index in [1.165, 1.54) is 6.07 Å². The van der Waals surface area contributed by atoms with Gasteiger partial charge in [-0.25, -0.2) is 9.97 Å². The highest BCUT2D eigenvalue weighted by atomic mass is 19.4. The second-order valence-corrected chi connectivity index (χ2v) is 4.58. The molecule has 8 heteroatoms. The first-order valence-electron chi connectivity index (χ1n) is 5.80. The summed E-state index contributed by atoms with van der Waals surface area (Å²) in [6.07, 6.45) is -2.92. The summed E-state index contributed by atoms with van der Waals surface area (Å²) in [6, 6.07) is 1.30. The molecule has 0 radical (unpaired) electrons. The van der Waals surface area contributed by atoms with Gasteiger partial charge in [-0.15, -0.1) is 0 Å². The van der Waals surface area contributed by atoms with Gasteiger partial charge in [0.2, 0.25) is 5.95 Å². The average Bonchev–Trinajstić information content (AvgIpc) is 3.07. The van der Waals surface area contributed by atoms with E-state index in [0.717, 1.165) is 4.90 Å². The van der Waals surface area contributed by atoms with Crippen LogP contribution in [0.1, 0.15) is 24.2 Å². The van der Waals surface area contributed by atoms with E-state index in [-0.39, 0.29) is 23.5 Å². The minimum absolute atomic E-state index is 0.00924. The van der Waals surface area contributed by atoms with Crippen molar-refractivity contribution in [1.82, 2.24) is 9.97 Å². The van der Waals surface area contributed by atoms with Crippen LogP contribution in [0.25, 0.3) is 0 Å². The van der Waals surface area contributed by atoms with Crippen LogP contribution in [0, 0.1) is 12.3 Å². The number of nitrogens with zero attached hydrogens (tertiary/aromatic N) is 3. The molecule has 0 aliphatic heterocycles. The van der Waals surface area contributed by atoms with Gasteiger partial charge in [-0.05, 0) is 25.8 Å². The van der Waals surface area contributed by atoms with Gasteiger partial charge in [0.05, 0.1) is 0 Å². The summed E-state index contributed by atoms with van der Waals surface area (Å²) in [6.45, 7) is 0.550. The van der Waals surface area contributed by atoms with Crippen LogP contribution < -0.4 is 10.6 Å². The zero-order chi connectivity index (χ0) is 14.2. The highest BCUT2D eigenvalue weighted by Gasteiger charge is 2.39. The first kappa shape index (κ1) is 13.6. The molecule has 2 rings (SSSR count). The highest BCUT2D eigenvalue weighted by molar-refractivity contribution is 5.93. The van der Waals surface area contributed by atoms with Crippen molar-refractivity contribution >= 4 is 11.8 Å². The number of nitrogens with one attached hydrogen (secondary N) is 1. The Kier molecular flexibility index (Phi) is 3.34. The quantitative estimate of drug-likeness (QED) is 0.645. The first-order chi connectivity index (χ1) is 8.76. The maximum absolute atomic E-state index is 12.6. The van der Waals surface area contributed by atoms with Gasteiger partial charge >= 0.3 is 6.18 Å². The molecule has 1 heterocycles. The lowest BCUT2D eigenvalue weighted by atomic mass is 10.3. The molecule has 1 aromatic heterocycles. The van der Waals surface area contributed by atoms with Crippen molar-refractivity contribution in [3.63, 3.8) is 0 Å². The van der Waals surface area contributed by atoms with Crippen LogP contribution in [0.2, 0.25) is 0 Å². The number of nitrogens with two attached hydrogens (primary N) is 1. The first-order valence-corrected chi connectivity index (χ1v) is 5.80. The van der Waals surface area contributed by atoms with E-state index in [2.05, 4.69) is 9.97 Å². The van der Waals surface area contributed by atoms with Crippen LogP contribution >= 0.6 is 0 Å². The smallest absolute Gasteiger partial charge is 0.382 e. The van der Waals surface area contributed by atoms with Crippen molar-refractivity contribution in [2.75, 3.05) is 11.4 Å². The minimum Gasteiger partial charge on any atom is -0.382 e. The molecule has 0 aromatic carbocycles. The predicted molar refractivity (Wildman–Crippen MR) is 64.2 cm³/mol. The van der Waals surface area contributed by atoms with Gasteiger partial charge in [-0.2, -0.15) is 13.2 Å². The molecule has 1 aliphatic rings. The van der Waals surface area contributed by atoms with E-state index in [0.29, 0.717) is 18.5 Å². The number of halogens is 3. The van der Waals surface area contributed by atoms with Crippen molar-refractivity contribution < 1.29 is 13.2 Å². The fraction of sp³-hybridized carbons (Fsp3) is 0.545. The van der Waals surface area contributed by atoms with Gasteiger partial charge in [0.1, 0.15) is 18.1 Å². The normalized spacial score (nSPS) is 15.4. The Morgan fingerprint density at radius 1 is 1.47 bits per heavy atom. The Hall–Kier alpha value is -1.86. The fourth-order valence-electron chi connectivity index (χ4n) is 1.76. The summed E-state index contributed by atoms with van der Waals surface area (Å²) in [4.78, 5) is 9.11. The van der Waals surface area contributed by atoms with E-state index in [4.69, 9.17) is 11.1 Å². The summed E-state index contributed by atoms with van der Waals surface area (Å²) in [5.41, 5.74) is 5.96. The molecule has 0 bridgehead atoms. The van der Waals surface area contributed by atoms with Crippen molar-refractivity contribution in [3.05, 3.63) is 17.5 Å². The highest BCUT2D eigenvalue weighted by Crippen LogP contribution is 2.32. The van der Waals surface area contributed by atoms with Crippen molar-refractivity contribution in [2.24, 2.45) is 5.73 Å². The maximum Gasteiger partial charge on any atom is 0.406 e. The number of anilines is 1. The van der Waals surface area contributed by atoms with E-state index in [1.807, 2.05) is 0 Å². The van der Waals surface area contributed by atoms with Gasteiger partial charge in [0.15, 0.2) is 0 Å². The van der Waals surface area contributed by atoms with Crippen LogP contribution in [0.4, 0.5) is 19.1 Å². The lowest BCUT2D eigenvalue weighted by Crippen LogP contribution is -2.37. The zero-order valence-corrected chi connectivity index (χ0v) is 10.3. The van der Waals surface area contributed by atoms with E-state index in [9.17, 15) is 13.2 Å². The molecule has 1 aromatic rings. The molecule has 104 valence electrons. The second kappa shape index (κ2) is 4.67. The molecule has 0 spiro atoms. The fourth-order valence-corrected chi connectivity index (χ4v) is 1.76. The Morgan fingerprint density at radius 2 is 2.11 bits per heavy atom. The van der Waals surface area contributed by atoms with Crippen molar-refractivity contribution in [3.8, 4) is 0 Å². The molecule has 0 amide bonds. The third-order valence-electron chi connectivity index (χ3n) is 2.71. The molecule has 1 saturated carbocycles. The number of nitrogen functional groups attached to an aromatic ring is 1. The van der Waals surface area contributed by atoms with Gasteiger partial charge in [0.25, 0.3) is 0 Å². The number of aryl methyl sites for hydroxylation is 1. The van der Waals surface area contributed by atoms with Gasteiger partial charge in [-0.3, -0.25) is 5.41 Å². The monoisotopic (exact) mass is 273 g/mol. The molecular formula is C11H14F3N5. The molecule has 19 heavy (non-hydrogen) atoms. The summed E-state index contributed by atoms with van der Waals surface area (Å²) >= 11 is 0. The van der Waals surface area contributed by atoms with E-state index < -0.39 is 12.7 Å². The second-order valence-electron chi connectivity index (χ2n) is 4.58. The van der Waals surface area contributed by atoms with E-state index in [1.54, 1.807) is 6.92 Å². The lowest BCUT2D eigenvalue weighted by Gasteiger charge is -2.24. The predicted octanol–water partition coefficient (Wildman–Crippen LogP) is 1.60. The number of alkyl halides is 3. The molecule has 5 nitrogen and oxygen atoms in total. The number of amidine groups is 1. The van der Waals surface area contributed by atoms with Crippen LogP contribution in [0.5, 0.6) is 0 Å². The Morgan fingerprint density at radius 3 is 2.58 bits per heavy atom. The molecule has 0 atom stereocenters. The maximum atomic E-state index is 12.6. The van der Waals surface area contributed by atoms with E-state index >= 15 is 0 Å². The molecule has 1 aliphatic carbocycles. The molecular weight excluding hydrogens is 259 g/mol. The summed E-state index contributed by atoms with van der Waals surface area (Å²) in [5.74, 6) is -0.292. The summed E-state index contributed by atoms with van der Waals surface area (Å²) in [5, 5.41) is 7.32. The number of hydrogen-bond acceptors (Lipinski definition) is 4. The number of hydrogen-bond donors (Lipinski definition) is 2. The van der Waals surface area contributed by atoms with Crippen LogP contribution in [-0.4, -0.2) is 34.6 Å². The standard InChI is InChI=1S/C11H14F3N5/c1-6-4-8(9(15)16)18-10(17-6)19(7-2-3-7)5-11(12,13)14/h4,7H,2-3,5H2,1H3,(H3,15,16). The Balaban J connectivity index is 2.33. The van der Waals surface area contributed by atoms with Gasteiger partial charge in [-0.1, -0.05) is 0 Å². The third-order valence-corrected chi connectivity index (χ3v) is 2.71. The van der Waals surface area contributed by atoms with Crippen LogP contribution in [-0.2, 0) is 0 Å². The number of aromatic nitrogens is 2. The SMILES string of the molecule is Cc1cc(C(=N)N)nc(N(CC(F)(F)F)C2CC2)n1. The zero-order valence-electron chi connectivity index (χ0n) is 10.3. The van der Waals surface area contributed by atoms with Gasteiger partial charge in [0, 0.05) is 11.7 Å². The van der Waals surface area contributed by atoms with Gasteiger partial charge < -0.3 is 10.6 Å². The lowest BCUT2D eigenvalue weighted by molar-refractivity contribution is -0.120.